The first-order valence-corrected chi connectivity index (χ1v) is 7.59. The fourth-order valence-corrected chi connectivity index (χ4v) is 3.42. The predicted molar refractivity (Wildman–Crippen MR) is 79.1 cm³/mol. The summed E-state index contributed by atoms with van der Waals surface area (Å²) >= 11 is 1.89. The highest BCUT2D eigenvalue weighted by molar-refractivity contribution is 7.10. The largest absolute Gasteiger partial charge is 0.316 e. The topological polar surface area (TPSA) is 28.2 Å². The second kappa shape index (κ2) is 5.82. The van der Waals surface area contributed by atoms with Crippen molar-refractivity contribution in [2.45, 2.75) is 26.1 Å². The molecule has 100 valence electrons. The number of aromatic nitrogens is 1. The van der Waals surface area contributed by atoms with E-state index in [9.17, 15) is 0 Å². The fourth-order valence-electron chi connectivity index (χ4n) is 2.53. The summed E-state index contributed by atoms with van der Waals surface area (Å²) in [4.78, 5) is 8.60. The maximum absolute atomic E-state index is 4.56. The molecule has 0 atom stereocenters. The van der Waals surface area contributed by atoms with Crippen LogP contribution in [0.4, 0.5) is 0 Å². The van der Waals surface area contributed by atoms with E-state index in [0.717, 1.165) is 26.2 Å². The predicted octanol–water partition coefficient (Wildman–Crippen LogP) is 2.42. The molecule has 19 heavy (non-hydrogen) atoms. The summed E-state index contributed by atoms with van der Waals surface area (Å²) < 4.78 is 0. The fraction of sp³-hybridized carbons (Fsp3) is 0.400. The van der Waals surface area contributed by atoms with Gasteiger partial charge in [-0.3, -0.25) is 9.88 Å². The Labute approximate surface area is 118 Å². The molecule has 0 bridgehead atoms. The van der Waals surface area contributed by atoms with Gasteiger partial charge in [0.1, 0.15) is 0 Å². The second-order valence-corrected chi connectivity index (χ2v) is 6.02. The van der Waals surface area contributed by atoms with Crippen LogP contribution >= 0.6 is 11.3 Å². The molecule has 4 heteroatoms. The van der Waals surface area contributed by atoms with Crippen molar-refractivity contribution in [2.24, 2.45) is 0 Å². The van der Waals surface area contributed by atoms with Gasteiger partial charge in [0.15, 0.2) is 0 Å². The van der Waals surface area contributed by atoms with E-state index < -0.39 is 0 Å². The van der Waals surface area contributed by atoms with Gasteiger partial charge in [-0.2, -0.15) is 0 Å². The Kier molecular flexibility index (Phi) is 3.92. The molecule has 0 spiro atoms. The molecule has 0 unspecified atom stereocenters. The Hall–Kier alpha value is -1.23. The van der Waals surface area contributed by atoms with Gasteiger partial charge >= 0.3 is 0 Å². The van der Waals surface area contributed by atoms with Crippen molar-refractivity contribution in [1.29, 1.82) is 0 Å². The Bertz CT molecular complexity index is 533. The van der Waals surface area contributed by atoms with Crippen molar-refractivity contribution in [3.63, 3.8) is 0 Å². The van der Waals surface area contributed by atoms with Gasteiger partial charge in [-0.1, -0.05) is 6.07 Å². The van der Waals surface area contributed by atoms with Crippen LogP contribution in [0.25, 0.3) is 0 Å². The smallest absolute Gasteiger partial charge is 0.0544 e. The summed E-state index contributed by atoms with van der Waals surface area (Å²) in [6.07, 6.45) is 3.16. The van der Waals surface area contributed by atoms with E-state index in [4.69, 9.17) is 0 Å². The number of fused-ring (bicyclic) bond motifs is 1. The van der Waals surface area contributed by atoms with E-state index in [1.165, 1.54) is 23.2 Å². The zero-order chi connectivity index (χ0) is 13.1. The lowest BCUT2D eigenvalue weighted by Crippen LogP contribution is -2.29. The van der Waals surface area contributed by atoms with Gasteiger partial charge in [-0.25, -0.2) is 0 Å². The zero-order valence-corrected chi connectivity index (χ0v) is 12.0. The van der Waals surface area contributed by atoms with Gasteiger partial charge in [0.2, 0.25) is 0 Å². The van der Waals surface area contributed by atoms with E-state index in [2.05, 4.69) is 38.8 Å². The van der Waals surface area contributed by atoms with E-state index in [0.29, 0.717) is 0 Å². The average Bonchev–Trinajstić information content (AvgIpc) is 2.89. The molecular weight excluding hydrogens is 254 g/mol. The number of rotatable bonds is 4. The van der Waals surface area contributed by atoms with Crippen LogP contribution in [-0.4, -0.2) is 23.5 Å². The van der Waals surface area contributed by atoms with E-state index in [1.54, 1.807) is 4.88 Å². The molecule has 0 aromatic carbocycles. The highest BCUT2D eigenvalue weighted by Gasteiger charge is 2.17. The van der Waals surface area contributed by atoms with Crippen LogP contribution in [0.1, 0.15) is 21.7 Å². The molecule has 2 aromatic rings. The Morgan fingerprint density at radius 3 is 3.11 bits per heavy atom. The molecule has 0 saturated carbocycles. The quantitative estimate of drug-likeness (QED) is 0.927. The van der Waals surface area contributed by atoms with Crippen molar-refractivity contribution >= 4 is 11.3 Å². The summed E-state index contributed by atoms with van der Waals surface area (Å²) in [6.45, 7) is 4.05. The molecule has 0 aliphatic carbocycles. The van der Waals surface area contributed by atoms with E-state index >= 15 is 0 Å². The van der Waals surface area contributed by atoms with E-state index in [1.807, 2.05) is 24.6 Å². The normalized spacial score (nSPS) is 15.4. The third-order valence-corrected chi connectivity index (χ3v) is 4.56. The number of hydrogen-bond acceptors (Lipinski definition) is 4. The van der Waals surface area contributed by atoms with Gasteiger partial charge in [-0.15, -0.1) is 11.3 Å². The molecule has 2 aromatic heterocycles. The summed E-state index contributed by atoms with van der Waals surface area (Å²) in [5.41, 5.74) is 3.91. The maximum atomic E-state index is 4.56. The second-order valence-electron chi connectivity index (χ2n) is 5.02. The first-order chi connectivity index (χ1) is 9.35. The van der Waals surface area contributed by atoms with Gasteiger partial charge in [0.05, 0.1) is 5.69 Å². The minimum absolute atomic E-state index is 0.884. The number of thiophene rings is 1. The molecule has 0 fully saturated rings. The van der Waals surface area contributed by atoms with Crippen LogP contribution < -0.4 is 5.32 Å². The lowest BCUT2D eigenvalue weighted by Gasteiger charge is -2.26. The van der Waals surface area contributed by atoms with Crippen LogP contribution in [0.15, 0.2) is 29.8 Å². The molecule has 3 rings (SSSR count). The molecule has 3 nitrogen and oxygen atoms in total. The standard InChI is InChI=1S/C15H19N3S/c1-16-8-12-2-3-14(17-9-12)11-18-6-4-15-13(10-18)5-7-19-15/h2-3,5,7,9,16H,4,6,8,10-11H2,1H3. The number of pyridine rings is 1. The van der Waals surface area contributed by atoms with Gasteiger partial charge < -0.3 is 5.32 Å². The molecule has 0 amide bonds. The van der Waals surface area contributed by atoms with Crippen molar-refractivity contribution < 1.29 is 0 Å². The molecular formula is C15H19N3S. The van der Waals surface area contributed by atoms with Crippen LogP contribution in [-0.2, 0) is 26.1 Å². The number of nitrogens with one attached hydrogen (secondary N) is 1. The first-order valence-electron chi connectivity index (χ1n) is 6.71. The number of nitrogens with zero attached hydrogens (tertiary/aromatic N) is 2. The molecule has 1 aliphatic rings. The summed E-state index contributed by atoms with van der Waals surface area (Å²) in [5.74, 6) is 0. The number of hydrogen-bond donors (Lipinski definition) is 1. The highest BCUT2D eigenvalue weighted by Crippen LogP contribution is 2.24. The summed E-state index contributed by atoms with van der Waals surface area (Å²) in [5, 5.41) is 5.35. The van der Waals surface area contributed by atoms with Gasteiger partial charge in [0, 0.05) is 37.3 Å². The lowest BCUT2D eigenvalue weighted by molar-refractivity contribution is 0.244. The highest BCUT2D eigenvalue weighted by atomic mass is 32.1. The summed E-state index contributed by atoms with van der Waals surface area (Å²) in [6, 6.07) is 6.57. The van der Waals surface area contributed by atoms with Gasteiger partial charge in [0.25, 0.3) is 0 Å². The Morgan fingerprint density at radius 2 is 2.32 bits per heavy atom. The van der Waals surface area contributed by atoms with Crippen molar-refractivity contribution in [3.8, 4) is 0 Å². The molecule has 0 radical (unpaired) electrons. The Balaban J connectivity index is 1.63. The van der Waals surface area contributed by atoms with Crippen LogP contribution in [0.3, 0.4) is 0 Å². The summed E-state index contributed by atoms with van der Waals surface area (Å²) in [7, 11) is 1.96. The zero-order valence-electron chi connectivity index (χ0n) is 11.2. The minimum atomic E-state index is 0.884. The Morgan fingerprint density at radius 1 is 1.37 bits per heavy atom. The average molecular weight is 273 g/mol. The van der Waals surface area contributed by atoms with E-state index in [-0.39, 0.29) is 0 Å². The third kappa shape index (κ3) is 3.03. The van der Waals surface area contributed by atoms with Crippen molar-refractivity contribution in [2.75, 3.05) is 13.6 Å². The first kappa shape index (κ1) is 12.8. The monoisotopic (exact) mass is 273 g/mol. The van der Waals surface area contributed by atoms with Gasteiger partial charge in [-0.05, 0) is 42.1 Å². The maximum Gasteiger partial charge on any atom is 0.0544 e. The van der Waals surface area contributed by atoms with Crippen molar-refractivity contribution in [1.82, 2.24) is 15.2 Å². The molecule has 1 N–H and O–H groups in total. The third-order valence-electron chi connectivity index (χ3n) is 3.54. The van der Waals surface area contributed by atoms with Crippen molar-refractivity contribution in [3.05, 3.63) is 51.5 Å². The molecule has 3 heterocycles. The lowest BCUT2D eigenvalue weighted by atomic mass is 10.1. The van der Waals surface area contributed by atoms with Crippen LogP contribution in [0, 0.1) is 0 Å². The molecule has 0 saturated heterocycles. The minimum Gasteiger partial charge on any atom is -0.316 e. The van der Waals surface area contributed by atoms with Crippen LogP contribution in [0.2, 0.25) is 0 Å². The molecule has 1 aliphatic heterocycles. The van der Waals surface area contributed by atoms with Crippen LogP contribution in [0.5, 0.6) is 0 Å². The SMILES string of the molecule is CNCc1ccc(CN2CCc3sccc3C2)nc1.